The number of hydrogen-bond acceptors (Lipinski definition) is 5. The lowest BCUT2D eigenvalue weighted by atomic mass is 10.1. The molecule has 0 radical (unpaired) electrons. The molecule has 0 saturated carbocycles. The second-order valence-corrected chi connectivity index (χ2v) is 6.77. The van der Waals surface area contributed by atoms with Crippen LogP contribution in [0.2, 0.25) is 0 Å². The number of ether oxygens (including phenoxy) is 2. The number of hydrogen-bond donors (Lipinski definition) is 2. The molecule has 1 aromatic heterocycles. The normalized spacial score (nSPS) is 16.3. The smallest absolute Gasteiger partial charge is 0.387 e. The van der Waals surface area contributed by atoms with Crippen LogP contribution in [0.15, 0.2) is 54.9 Å². The topological polar surface area (TPSA) is 79.5 Å². The molecular formula is C21H19F3N4O3. The van der Waals surface area contributed by atoms with Crippen LogP contribution < -0.4 is 15.0 Å². The second-order valence-electron chi connectivity index (χ2n) is 6.77. The van der Waals surface area contributed by atoms with E-state index in [1.165, 1.54) is 47.6 Å². The van der Waals surface area contributed by atoms with Crippen LogP contribution in [0.3, 0.4) is 0 Å². The summed E-state index contributed by atoms with van der Waals surface area (Å²) in [5, 5.41) is 9.49. The van der Waals surface area contributed by atoms with Gasteiger partial charge in [-0.05, 0) is 36.4 Å². The van der Waals surface area contributed by atoms with E-state index in [4.69, 9.17) is 4.74 Å². The average molecular weight is 432 g/mol. The summed E-state index contributed by atoms with van der Waals surface area (Å²) in [6, 6.07) is 9.93. The maximum atomic E-state index is 15.0. The minimum Gasteiger partial charge on any atom is -0.435 e. The Bertz CT molecular complexity index is 1020. The number of nitrogens with one attached hydrogen (secondary N) is 2. The van der Waals surface area contributed by atoms with Crippen LogP contribution in [-0.4, -0.2) is 42.4 Å². The number of alkyl halides is 2. The van der Waals surface area contributed by atoms with E-state index in [1.807, 2.05) is 0 Å². The summed E-state index contributed by atoms with van der Waals surface area (Å²) >= 11 is 0. The van der Waals surface area contributed by atoms with Crippen LogP contribution in [0, 0.1) is 5.82 Å². The van der Waals surface area contributed by atoms with Crippen LogP contribution in [0.1, 0.15) is 22.0 Å². The van der Waals surface area contributed by atoms with Crippen LogP contribution in [0.25, 0.3) is 0 Å². The van der Waals surface area contributed by atoms with Crippen molar-refractivity contribution in [2.24, 2.45) is 0 Å². The summed E-state index contributed by atoms with van der Waals surface area (Å²) in [7, 11) is 0. The first kappa shape index (κ1) is 20.9. The first-order chi connectivity index (χ1) is 15.0. The van der Waals surface area contributed by atoms with Gasteiger partial charge in [0, 0.05) is 30.5 Å². The van der Waals surface area contributed by atoms with Crippen molar-refractivity contribution < 1.29 is 27.4 Å². The monoisotopic (exact) mass is 432 g/mol. The molecular weight excluding hydrogens is 413 g/mol. The van der Waals surface area contributed by atoms with Gasteiger partial charge in [0.1, 0.15) is 11.6 Å². The zero-order valence-electron chi connectivity index (χ0n) is 16.2. The maximum absolute atomic E-state index is 15.0. The number of rotatable bonds is 6. The van der Waals surface area contributed by atoms with Gasteiger partial charge in [-0.3, -0.25) is 14.8 Å². The van der Waals surface area contributed by atoms with Crippen LogP contribution >= 0.6 is 0 Å². The molecule has 0 bridgehead atoms. The molecule has 10 heteroatoms. The van der Waals surface area contributed by atoms with Gasteiger partial charge in [0.2, 0.25) is 0 Å². The summed E-state index contributed by atoms with van der Waals surface area (Å²) < 4.78 is 49.8. The van der Waals surface area contributed by atoms with Crippen molar-refractivity contribution in [2.45, 2.75) is 12.7 Å². The number of morpholine rings is 1. The fourth-order valence-corrected chi connectivity index (χ4v) is 3.34. The summed E-state index contributed by atoms with van der Waals surface area (Å²) in [6.07, 6.45) is 2.33. The molecule has 0 aliphatic carbocycles. The molecule has 0 spiro atoms. The number of halogens is 3. The minimum absolute atomic E-state index is 0.0575. The molecule has 1 aliphatic rings. The highest BCUT2D eigenvalue weighted by atomic mass is 19.3. The van der Waals surface area contributed by atoms with Crippen molar-refractivity contribution in [3.8, 4) is 5.75 Å². The molecule has 7 nitrogen and oxygen atoms in total. The maximum Gasteiger partial charge on any atom is 0.387 e. The van der Waals surface area contributed by atoms with E-state index in [0.717, 1.165) is 0 Å². The number of nitrogens with zero attached hydrogens (tertiary/aromatic N) is 2. The van der Waals surface area contributed by atoms with Crippen molar-refractivity contribution in [3.63, 3.8) is 0 Å². The SMILES string of the molecule is O=C(c1cn[nH]c1)N(c1ccc(OC(F)F)cc1)c1ccc([C@@H]2CNCCO2)c(F)c1. The minimum atomic E-state index is -2.97. The fourth-order valence-electron chi connectivity index (χ4n) is 3.34. The van der Waals surface area contributed by atoms with E-state index in [2.05, 4.69) is 20.3 Å². The zero-order valence-corrected chi connectivity index (χ0v) is 16.2. The molecule has 2 aromatic carbocycles. The third-order valence-corrected chi connectivity index (χ3v) is 4.79. The van der Waals surface area contributed by atoms with Crippen molar-refractivity contribution >= 4 is 17.3 Å². The van der Waals surface area contributed by atoms with E-state index in [-0.39, 0.29) is 17.0 Å². The lowest BCUT2D eigenvalue weighted by Gasteiger charge is -2.26. The number of aromatic amines is 1. The molecule has 1 amide bonds. The van der Waals surface area contributed by atoms with Crippen molar-refractivity contribution in [1.29, 1.82) is 0 Å². The number of aromatic nitrogens is 2. The number of carbonyl (C=O) groups excluding carboxylic acids is 1. The Morgan fingerprint density at radius 3 is 2.58 bits per heavy atom. The van der Waals surface area contributed by atoms with E-state index < -0.39 is 24.4 Å². The van der Waals surface area contributed by atoms with Gasteiger partial charge in [0.05, 0.1) is 30.2 Å². The molecule has 2 heterocycles. The van der Waals surface area contributed by atoms with Crippen LogP contribution in [0.4, 0.5) is 24.5 Å². The molecule has 1 atom stereocenters. The molecule has 31 heavy (non-hydrogen) atoms. The van der Waals surface area contributed by atoms with E-state index in [1.54, 1.807) is 12.1 Å². The molecule has 4 rings (SSSR count). The van der Waals surface area contributed by atoms with Gasteiger partial charge in [-0.1, -0.05) is 6.07 Å². The van der Waals surface area contributed by atoms with Crippen molar-refractivity contribution in [3.05, 3.63) is 71.8 Å². The van der Waals surface area contributed by atoms with Crippen molar-refractivity contribution in [1.82, 2.24) is 15.5 Å². The Morgan fingerprint density at radius 1 is 1.19 bits per heavy atom. The molecule has 162 valence electrons. The third kappa shape index (κ3) is 4.70. The second kappa shape index (κ2) is 9.19. The van der Waals surface area contributed by atoms with Gasteiger partial charge < -0.3 is 14.8 Å². The summed E-state index contributed by atoms with van der Waals surface area (Å²) in [4.78, 5) is 14.4. The van der Waals surface area contributed by atoms with E-state index in [0.29, 0.717) is 30.9 Å². The molecule has 2 N–H and O–H groups in total. The molecule has 1 saturated heterocycles. The summed E-state index contributed by atoms with van der Waals surface area (Å²) in [5.74, 6) is -1.05. The molecule has 0 unspecified atom stereocenters. The van der Waals surface area contributed by atoms with Gasteiger partial charge in [-0.25, -0.2) is 4.39 Å². The Kier molecular flexibility index (Phi) is 6.19. The summed E-state index contributed by atoms with van der Waals surface area (Å²) in [5.41, 5.74) is 1.24. The Labute approximate surface area is 175 Å². The number of H-pyrrole nitrogens is 1. The first-order valence-electron chi connectivity index (χ1n) is 9.53. The van der Waals surface area contributed by atoms with Gasteiger partial charge in [0.15, 0.2) is 0 Å². The highest BCUT2D eigenvalue weighted by Crippen LogP contribution is 2.32. The van der Waals surface area contributed by atoms with Crippen LogP contribution in [-0.2, 0) is 4.74 Å². The lowest BCUT2D eigenvalue weighted by molar-refractivity contribution is -0.0498. The number of benzene rings is 2. The zero-order chi connectivity index (χ0) is 21.8. The third-order valence-electron chi connectivity index (χ3n) is 4.79. The van der Waals surface area contributed by atoms with Gasteiger partial charge in [-0.15, -0.1) is 0 Å². The van der Waals surface area contributed by atoms with E-state index >= 15 is 0 Å². The highest BCUT2D eigenvalue weighted by Gasteiger charge is 2.24. The fraction of sp³-hybridized carbons (Fsp3) is 0.238. The largest absolute Gasteiger partial charge is 0.435 e. The highest BCUT2D eigenvalue weighted by molar-refractivity contribution is 6.10. The van der Waals surface area contributed by atoms with Crippen LogP contribution in [0.5, 0.6) is 5.75 Å². The first-order valence-corrected chi connectivity index (χ1v) is 9.53. The number of carbonyl (C=O) groups is 1. The average Bonchev–Trinajstić information content (AvgIpc) is 3.30. The molecule has 3 aromatic rings. The van der Waals surface area contributed by atoms with Gasteiger partial charge in [-0.2, -0.15) is 13.9 Å². The Morgan fingerprint density at radius 2 is 1.97 bits per heavy atom. The molecule has 1 aliphatic heterocycles. The van der Waals surface area contributed by atoms with Gasteiger partial charge in [0.25, 0.3) is 5.91 Å². The van der Waals surface area contributed by atoms with Gasteiger partial charge >= 0.3 is 6.61 Å². The van der Waals surface area contributed by atoms with E-state index in [9.17, 15) is 18.0 Å². The summed E-state index contributed by atoms with van der Waals surface area (Å²) in [6.45, 7) is -1.30. The Balaban J connectivity index is 1.69. The number of anilines is 2. The standard InChI is InChI=1S/C21H19F3N4O3/c22-18-9-15(3-6-17(18)19-12-25-7-8-30-19)28(20(29)13-10-26-27-11-13)14-1-4-16(5-2-14)31-21(23)24/h1-6,9-11,19,21,25H,7-8,12H2,(H,26,27)/t19-/m0/s1. The predicted octanol–water partition coefficient (Wildman–Crippen LogP) is 3.79. The quantitative estimate of drug-likeness (QED) is 0.620. The lowest BCUT2D eigenvalue weighted by Crippen LogP contribution is -2.33. The Hall–Kier alpha value is -3.37. The molecule has 1 fully saturated rings. The number of amides is 1. The van der Waals surface area contributed by atoms with Crippen molar-refractivity contribution in [2.75, 3.05) is 24.6 Å². The predicted molar refractivity (Wildman–Crippen MR) is 106 cm³/mol.